The Hall–Kier alpha value is -3.15. The Morgan fingerprint density at radius 1 is 0.284 bits per heavy atom. The molecule has 428 valence electrons. The number of unbranched alkanes of at least 4 members (excludes halogenated alkanes) is 35. The molecule has 0 spiro atoms. The molecular weight excluding hydrogens is 913 g/mol. The van der Waals surface area contributed by atoms with E-state index in [0.717, 1.165) is 89.9 Å². The van der Waals surface area contributed by atoms with Gasteiger partial charge in [0.2, 0.25) is 0 Å². The van der Waals surface area contributed by atoms with E-state index in [1.54, 1.807) is 0 Å². The summed E-state index contributed by atoms with van der Waals surface area (Å²) in [6, 6.07) is 0. The van der Waals surface area contributed by atoms with E-state index in [1.165, 1.54) is 193 Å². The molecular formula is C68H120O6. The lowest BCUT2D eigenvalue weighted by Gasteiger charge is -2.18. The van der Waals surface area contributed by atoms with Crippen LogP contribution in [-0.4, -0.2) is 37.2 Å². The van der Waals surface area contributed by atoms with Crippen LogP contribution in [0.3, 0.4) is 0 Å². The summed E-state index contributed by atoms with van der Waals surface area (Å²) in [5.74, 6) is -0.914. The van der Waals surface area contributed by atoms with Crippen molar-refractivity contribution in [3.05, 3.63) is 72.9 Å². The van der Waals surface area contributed by atoms with Crippen molar-refractivity contribution in [1.29, 1.82) is 0 Å². The topological polar surface area (TPSA) is 78.9 Å². The van der Waals surface area contributed by atoms with Gasteiger partial charge >= 0.3 is 17.9 Å². The molecule has 0 heterocycles. The molecule has 0 aliphatic rings. The molecule has 1 atom stereocenters. The van der Waals surface area contributed by atoms with Crippen molar-refractivity contribution in [2.45, 2.75) is 329 Å². The predicted molar refractivity (Wildman–Crippen MR) is 321 cm³/mol. The average molecular weight is 1030 g/mol. The molecule has 0 aliphatic carbocycles. The fourth-order valence-electron chi connectivity index (χ4n) is 9.17. The molecule has 0 fully saturated rings. The number of esters is 3. The van der Waals surface area contributed by atoms with E-state index in [0.29, 0.717) is 19.3 Å². The third-order valence-corrected chi connectivity index (χ3v) is 13.9. The highest BCUT2D eigenvalue weighted by Gasteiger charge is 2.19. The van der Waals surface area contributed by atoms with Gasteiger partial charge in [0.1, 0.15) is 13.2 Å². The minimum atomic E-state index is -0.791. The first-order valence-corrected chi connectivity index (χ1v) is 31.9. The van der Waals surface area contributed by atoms with Gasteiger partial charge in [-0.1, -0.05) is 286 Å². The molecule has 74 heavy (non-hydrogen) atoms. The Balaban J connectivity index is 4.32. The summed E-state index contributed by atoms with van der Waals surface area (Å²) in [6.07, 6.45) is 80.6. The maximum absolute atomic E-state index is 12.9. The van der Waals surface area contributed by atoms with E-state index >= 15 is 0 Å². The molecule has 0 aromatic heterocycles. The van der Waals surface area contributed by atoms with E-state index in [4.69, 9.17) is 14.2 Å². The van der Waals surface area contributed by atoms with Gasteiger partial charge in [0.05, 0.1) is 0 Å². The van der Waals surface area contributed by atoms with Crippen LogP contribution in [0, 0.1) is 0 Å². The van der Waals surface area contributed by atoms with Crippen LogP contribution in [0.2, 0.25) is 0 Å². The van der Waals surface area contributed by atoms with Gasteiger partial charge in [-0.25, -0.2) is 0 Å². The summed E-state index contributed by atoms with van der Waals surface area (Å²) in [7, 11) is 0. The van der Waals surface area contributed by atoms with Crippen molar-refractivity contribution in [3.63, 3.8) is 0 Å². The van der Waals surface area contributed by atoms with Crippen molar-refractivity contribution >= 4 is 17.9 Å². The number of ether oxygens (including phenoxy) is 3. The Morgan fingerprint density at radius 3 is 0.851 bits per heavy atom. The molecule has 0 amide bonds. The highest BCUT2D eigenvalue weighted by molar-refractivity contribution is 5.71. The quantitative estimate of drug-likeness (QED) is 0.0261. The second-order valence-corrected chi connectivity index (χ2v) is 21.3. The van der Waals surface area contributed by atoms with E-state index in [-0.39, 0.29) is 31.1 Å². The predicted octanol–water partition coefficient (Wildman–Crippen LogP) is 21.7. The lowest BCUT2D eigenvalue weighted by molar-refractivity contribution is -0.167. The van der Waals surface area contributed by atoms with Crippen LogP contribution < -0.4 is 0 Å². The SMILES string of the molecule is CC/C=C\C/C=C\C/C=C\C/C=C\CCCCC(=O)OCC(COC(=O)CCCCCCCCCCCCCCC/C=C\C/C=C\CCCCCCC)OC(=O)CCCCCCCCCCCCCCCCCC. The van der Waals surface area contributed by atoms with E-state index < -0.39 is 6.10 Å². The lowest BCUT2D eigenvalue weighted by atomic mass is 10.0. The zero-order valence-electron chi connectivity index (χ0n) is 49.1. The molecule has 0 N–H and O–H groups in total. The Morgan fingerprint density at radius 2 is 0.527 bits per heavy atom. The zero-order valence-corrected chi connectivity index (χ0v) is 49.1. The van der Waals surface area contributed by atoms with Crippen LogP contribution in [0.4, 0.5) is 0 Å². The second-order valence-electron chi connectivity index (χ2n) is 21.3. The normalized spacial score (nSPS) is 12.5. The van der Waals surface area contributed by atoms with Crippen LogP contribution >= 0.6 is 0 Å². The second kappa shape index (κ2) is 62.4. The smallest absolute Gasteiger partial charge is 0.306 e. The van der Waals surface area contributed by atoms with Crippen molar-refractivity contribution in [1.82, 2.24) is 0 Å². The standard InChI is InChI=1S/C68H120O6/c1-4-7-10-13-16-19-22-25-28-30-31-32-33-34-35-36-37-38-41-43-46-49-52-55-58-61-67(70)73-64-65(63-72-66(69)60-57-54-51-48-45-42-39-27-24-21-18-15-12-9-6-3)74-68(71)62-59-56-53-50-47-44-40-29-26-23-20-17-14-11-8-5-2/h9,12,18,21-22,25,27,30-31,39,45,48,65H,4-8,10-11,13-17,19-20,23-24,26,28-29,32-38,40-44,46-47,49-64H2,1-3H3/b12-9-,21-18-,25-22-,31-30-,39-27-,48-45-. The molecule has 0 aliphatic heterocycles. The van der Waals surface area contributed by atoms with Gasteiger partial charge in [0, 0.05) is 19.3 Å². The van der Waals surface area contributed by atoms with Gasteiger partial charge in [-0.15, -0.1) is 0 Å². The van der Waals surface area contributed by atoms with Crippen LogP contribution in [0.1, 0.15) is 323 Å². The van der Waals surface area contributed by atoms with Crippen LogP contribution in [0.5, 0.6) is 0 Å². The van der Waals surface area contributed by atoms with Gasteiger partial charge in [-0.05, 0) is 89.9 Å². The summed E-state index contributed by atoms with van der Waals surface area (Å²) < 4.78 is 16.9. The van der Waals surface area contributed by atoms with E-state index in [2.05, 4.69) is 93.7 Å². The molecule has 0 bridgehead atoms. The first-order valence-electron chi connectivity index (χ1n) is 31.9. The van der Waals surface area contributed by atoms with Crippen LogP contribution in [0.15, 0.2) is 72.9 Å². The minimum Gasteiger partial charge on any atom is -0.462 e. The molecule has 6 nitrogen and oxygen atoms in total. The van der Waals surface area contributed by atoms with Crippen LogP contribution in [0.25, 0.3) is 0 Å². The summed E-state index contributed by atoms with van der Waals surface area (Å²) in [5.41, 5.74) is 0. The largest absolute Gasteiger partial charge is 0.462 e. The number of rotatable bonds is 58. The Bertz CT molecular complexity index is 1370. The molecule has 1 unspecified atom stereocenters. The monoisotopic (exact) mass is 1030 g/mol. The van der Waals surface area contributed by atoms with Gasteiger partial charge in [0.25, 0.3) is 0 Å². The number of carbonyl (C=O) groups excluding carboxylic acids is 3. The Labute approximate surface area is 459 Å². The number of hydrogen-bond acceptors (Lipinski definition) is 6. The Kier molecular flexibility index (Phi) is 59.7. The van der Waals surface area contributed by atoms with Crippen molar-refractivity contribution in [2.75, 3.05) is 13.2 Å². The third-order valence-electron chi connectivity index (χ3n) is 13.9. The molecule has 0 aromatic rings. The molecule has 6 heteroatoms. The number of allylic oxidation sites excluding steroid dienone is 12. The molecule has 0 saturated carbocycles. The number of carbonyl (C=O) groups is 3. The molecule has 0 aromatic carbocycles. The fourth-order valence-corrected chi connectivity index (χ4v) is 9.17. The lowest BCUT2D eigenvalue weighted by Crippen LogP contribution is -2.30. The van der Waals surface area contributed by atoms with Crippen LogP contribution in [-0.2, 0) is 28.6 Å². The first kappa shape index (κ1) is 70.8. The van der Waals surface area contributed by atoms with Crippen molar-refractivity contribution in [3.8, 4) is 0 Å². The van der Waals surface area contributed by atoms with Gasteiger partial charge < -0.3 is 14.2 Å². The first-order chi connectivity index (χ1) is 36.5. The van der Waals surface area contributed by atoms with Gasteiger partial charge in [0.15, 0.2) is 6.10 Å². The zero-order chi connectivity index (χ0) is 53.6. The van der Waals surface area contributed by atoms with E-state index in [9.17, 15) is 14.4 Å². The summed E-state index contributed by atoms with van der Waals surface area (Å²) in [5, 5.41) is 0. The van der Waals surface area contributed by atoms with Gasteiger partial charge in [-0.2, -0.15) is 0 Å². The summed E-state index contributed by atoms with van der Waals surface area (Å²) >= 11 is 0. The molecule has 0 radical (unpaired) electrons. The highest BCUT2D eigenvalue weighted by Crippen LogP contribution is 2.17. The third kappa shape index (κ3) is 59.7. The number of hydrogen-bond donors (Lipinski definition) is 0. The maximum atomic E-state index is 12.9. The van der Waals surface area contributed by atoms with Crippen molar-refractivity contribution in [2.24, 2.45) is 0 Å². The van der Waals surface area contributed by atoms with E-state index in [1.807, 2.05) is 0 Å². The average Bonchev–Trinajstić information content (AvgIpc) is 3.40. The maximum Gasteiger partial charge on any atom is 0.306 e. The van der Waals surface area contributed by atoms with Crippen molar-refractivity contribution < 1.29 is 28.6 Å². The summed E-state index contributed by atoms with van der Waals surface area (Å²) in [4.78, 5) is 38.3. The fraction of sp³-hybridized carbons (Fsp3) is 0.779. The summed E-state index contributed by atoms with van der Waals surface area (Å²) in [6.45, 7) is 6.52. The highest BCUT2D eigenvalue weighted by atomic mass is 16.6. The van der Waals surface area contributed by atoms with Gasteiger partial charge in [-0.3, -0.25) is 14.4 Å². The molecule has 0 saturated heterocycles. The molecule has 0 rings (SSSR count). The minimum absolute atomic E-state index is 0.0859.